The molecule has 0 aliphatic rings. The number of rotatable bonds is 7. The van der Waals surface area contributed by atoms with Crippen molar-refractivity contribution in [2.24, 2.45) is 15.9 Å². The van der Waals surface area contributed by atoms with Gasteiger partial charge in [-0.25, -0.2) is 0 Å². The molecule has 0 radical (unpaired) electrons. The lowest BCUT2D eigenvalue weighted by Crippen LogP contribution is -2.26. The van der Waals surface area contributed by atoms with Gasteiger partial charge in [0.15, 0.2) is 5.71 Å². The Bertz CT molecular complexity index is 833. The van der Waals surface area contributed by atoms with Crippen LogP contribution in [0.2, 0.25) is 0 Å². The van der Waals surface area contributed by atoms with Crippen LogP contribution in [-0.4, -0.2) is 25.2 Å². The predicted octanol–water partition coefficient (Wildman–Crippen LogP) is 4.01. The molecule has 0 aromatic heterocycles. The molecule has 27 heavy (non-hydrogen) atoms. The number of hydrogen-bond acceptors (Lipinski definition) is 4. The number of oxime groups is 1. The van der Waals surface area contributed by atoms with Crippen molar-refractivity contribution in [3.8, 4) is 5.75 Å². The van der Waals surface area contributed by atoms with Gasteiger partial charge in [0.1, 0.15) is 25.3 Å². The molecule has 0 atom stereocenters. The van der Waals surface area contributed by atoms with Gasteiger partial charge < -0.3 is 15.3 Å². The van der Waals surface area contributed by atoms with Crippen LogP contribution in [0.15, 0.2) is 58.7 Å². The SMILES string of the molecule is CCN=C(N)C(=NOC)c1ccccc1COc1cccc(C(F)(F)F)c1. The summed E-state index contributed by atoms with van der Waals surface area (Å²) in [6, 6.07) is 11.8. The van der Waals surface area contributed by atoms with Gasteiger partial charge in [0.2, 0.25) is 0 Å². The third-order valence-corrected chi connectivity index (χ3v) is 3.58. The Balaban J connectivity index is 2.29. The number of nitrogens with zero attached hydrogens (tertiary/aromatic N) is 2. The van der Waals surface area contributed by atoms with Crippen molar-refractivity contribution in [1.29, 1.82) is 0 Å². The summed E-state index contributed by atoms with van der Waals surface area (Å²) in [5, 5.41) is 3.93. The van der Waals surface area contributed by atoms with Gasteiger partial charge in [-0.2, -0.15) is 13.2 Å². The van der Waals surface area contributed by atoms with Gasteiger partial charge in [-0.05, 0) is 30.7 Å². The number of nitrogens with two attached hydrogens (primary N) is 1. The molecule has 0 unspecified atom stereocenters. The predicted molar refractivity (Wildman–Crippen MR) is 97.9 cm³/mol. The minimum Gasteiger partial charge on any atom is -0.489 e. The van der Waals surface area contributed by atoms with Crippen molar-refractivity contribution < 1.29 is 22.7 Å². The second-order valence-electron chi connectivity index (χ2n) is 5.45. The van der Waals surface area contributed by atoms with Crippen LogP contribution >= 0.6 is 0 Å². The second kappa shape index (κ2) is 9.07. The van der Waals surface area contributed by atoms with Crippen molar-refractivity contribution >= 4 is 11.5 Å². The van der Waals surface area contributed by atoms with E-state index >= 15 is 0 Å². The van der Waals surface area contributed by atoms with E-state index in [9.17, 15) is 13.2 Å². The van der Waals surface area contributed by atoms with Gasteiger partial charge in [0.05, 0.1) is 5.56 Å². The van der Waals surface area contributed by atoms with E-state index in [1.54, 1.807) is 24.3 Å². The molecule has 0 fully saturated rings. The number of ether oxygens (including phenoxy) is 1. The molecule has 0 aliphatic heterocycles. The van der Waals surface area contributed by atoms with E-state index in [1.807, 2.05) is 6.92 Å². The van der Waals surface area contributed by atoms with Crippen molar-refractivity contribution in [1.82, 2.24) is 0 Å². The molecule has 0 saturated heterocycles. The molecule has 2 aromatic rings. The number of benzene rings is 2. The third-order valence-electron chi connectivity index (χ3n) is 3.58. The van der Waals surface area contributed by atoms with E-state index in [-0.39, 0.29) is 18.2 Å². The summed E-state index contributed by atoms with van der Waals surface area (Å²) in [6.45, 7) is 2.33. The zero-order valence-electron chi connectivity index (χ0n) is 15.0. The summed E-state index contributed by atoms with van der Waals surface area (Å²) in [4.78, 5) is 8.99. The van der Waals surface area contributed by atoms with E-state index in [1.165, 1.54) is 19.2 Å². The van der Waals surface area contributed by atoms with Gasteiger partial charge in [-0.3, -0.25) is 4.99 Å². The lowest BCUT2D eigenvalue weighted by Gasteiger charge is -2.13. The minimum absolute atomic E-state index is 0.0274. The average Bonchev–Trinajstić information content (AvgIpc) is 2.64. The zero-order valence-corrected chi connectivity index (χ0v) is 15.0. The topological polar surface area (TPSA) is 69.2 Å². The van der Waals surface area contributed by atoms with Crippen molar-refractivity contribution in [2.45, 2.75) is 19.7 Å². The maximum Gasteiger partial charge on any atom is 0.416 e. The maximum absolute atomic E-state index is 12.8. The first kappa shape index (κ1) is 20.3. The fraction of sp³-hybridized carbons (Fsp3) is 0.263. The highest BCUT2D eigenvalue weighted by molar-refractivity contribution is 6.47. The Hall–Kier alpha value is -3.03. The van der Waals surface area contributed by atoms with E-state index in [2.05, 4.69) is 10.1 Å². The van der Waals surface area contributed by atoms with Crippen LogP contribution in [0.25, 0.3) is 0 Å². The Kier molecular flexibility index (Phi) is 6.81. The highest BCUT2D eigenvalue weighted by Gasteiger charge is 2.30. The fourth-order valence-corrected chi connectivity index (χ4v) is 2.37. The highest BCUT2D eigenvalue weighted by atomic mass is 19.4. The second-order valence-corrected chi connectivity index (χ2v) is 5.45. The quantitative estimate of drug-likeness (QED) is 0.449. The summed E-state index contributed by atoms with van der Waals surface area (Å²) >= 11 is 0. The fourth-order valence-electron chi connectivity index (χ4n) is 2.37. The summed E-state index contributed by atoms with van der Waals surface area (Å²) in [5.74, 6) is 0.311. The van der Waals surface area contributed by atoms with Gasteiger partial charge in [-0.1, -0.05) is 35.5 Å². The summed E-state index contributed by atoms with van der Waals surface area (Å²) in [6.07, 6.45) is -4.43. The molecule has 0 heterocycles. The molecule has 0 aliphatic carbocycles. The molecular weight excluding hydrogens is 359 g/mol. The minimum atomic E-state index is -4.43. The number of halogens is 3. The summed E-state index contributed by atoms with van der Waals surface area (Å²) < 4.78 is 44.1. The van der Waals surface area contributed by atoms with Gasteiger partial charge in [-0.15, -0.1) is 0 Å². The number of hydrogen-bond donors (Lipinski definition) is 1. The zero-order chi connectivity index (χ0) is 19.9. The Morgan fingerprint density at radius 2 is 1.85 bits per heavy atom. The van der Waals surface area contributed by atoms with Gasteiger partial charge in [0, 0.05) is 12.1 Å². The van der Waals surface area contributed by atoms with Crippen LogP contribution in [-0.2, 0) is 17.6 Å². The normalized spacial score (nSPS) is 12.8. The first-order chi connectivity index (χ1) is 12.9. The molecule has 0 spiro atoms. The molecule has 0 amide bonds. The van der Waals surface area contributed by atoms with Crippen molar-refractivity contribution in [2.75, 3.05) is 13.7 Å². The monoisotopic (exact) mass is 379 g/mol. The van der Waals surface area contributed by atoms with E-state index < -0.39 is 11.7 Å². The van der Waals surface area contributed by atoms with E-state index in [4.69, 9.17) is 15.3 Å². The lowest BCUT2D eigenvalue weighted by atomic mass is 10.0. The Morgan fingerprint density at radius 1 is 1.11 bits per heavy atom. The van der Waals surface area contributed by atoms with Crippen LogP contribution in [0.5, 0.6) is 5.75 Å². The molecule has 2 N–H and O–H groups in total. The van der Waals surface area contributed by atoms with Gasteiger partial charge >= 0.3 is 6.18 Å². The first-order valence-electron chi connectivity index (χ1n) is 8.16. The molecule has 144 valence electrons. The Morgan fingerprint density at radius 3 is 2.52 bits per heavy atom. The van der Waals surface area contributed by atoms with E-state index in [0.29, 0.717) is 23.4 Å². The summed E-state index contributed by atoms with van der Waals surface area (Å²) in [7, 11) is 1.39. The average molecular weight is 379 g/mol. The number of amidine groups is 1. The van der Waals surface area contributed by atoms with Crippen LogP contribution in [0.3, 0.4) is 0 Å². The molecule has 2 aromatic carbocycles. The van der Waals surface area contributed by atoms with Crippen LogP contribution in [0.1, 0.15) is 23.6 Å². The molecule has 8 heteroatoms. The molecular formula is C19H20F3N3O2. The highest BCUT2D eigenvalue weighted by Crippen LogP contribution is 2.31. The number of alkyl halides is 3. The Labute approximate surface area is 155 Å². The van der Waals surface area contributed by atoms with Crippen molar-refractivity contribution in [3.63, 3.8) is 0 Å². The van der Waals surface area contributed by atoms with Crippen molar-refractivity contribution in [3.05, 3.63) is 65.2 Å². The van der Waals surface area contributed by atoms with E-state index in [0.717, 1.165) is 12.1 Å². The van der Waals surface area contributed by atoms with Crippen LogP contribution in [0, 0.1) is 0 Å². The smallest absolute Gasteiger partial charge is 0.416 e. The van der Waals surface area contributed by atoms with Gasteiger partial charge in [0.25, 0.3) is 0 Å². The maximum atomic E-state index is 12.8. The molecule has 2 rings (SSSR count). The summed E-state index contributed by atoms with van der Waals surface area (Å²) in [5.41, 5.74) is 6.84. The molecule has 0 bridgehead atoms. The largest absolute Gasteiger partial charge is 0.489 e. The molecule has 0 saturated carbocycles. The molecule has 5 nitrogen and oxygen atoms in total. The lowest BCUT2D eigenvalue weighted by molar-refractivity contribution is -0.137. The van der Waals surface area contributed by atoms with Crippen LogP contribution in [0.4, 0.5) is 13.2 Å². The van der Waals surface area contributed by atoms with Crippen LogP contribution < -0.4 is 10.5 Å². The number of aliphatic imine (C=N–C) groups is 1. The standard InChI is InChI=1S/C19H20F3N3O2/c1-3-24-18(23)17(25-26-2)16-10-5-4-7-13(16)12-27-15-9-6-8-14(11-15)19(20,21)22/h4-11H,3,12H2,1-2H3,(H2,23,24). The third kappa shape index (κ3) is 5.47. The first-order valence-corrected chi connectivity index (χ1v) is 8.16.